The van der Waals surface area contributed by atoms with E-state index in [9.17, 15) is 10.1 Å². The van der Waals surface area contributed by atoms with E-state index in [2.05, 4.69) is 65.4 Å². The van der Waals surface area contributed by atoms with E-state index in [-0.39, 0.29) is 22.4 Å². The fourth-order valence-electron chi connectivity index (χ4n) is 5.71. The number of ether oxygens (including phenoxy) is 1. The predicted molar refractivity (Wildman–Crippen MR) is 207 cm³/mol. The number of nitriles is 1. The molecule has 4 aromatic rings. The maximum atomic E-state index is 13.7. The van der Waals surface area contributed by atoms with Gasteiger partial charge in [-0.15, -0.1) is 0 Å². The first-order valence-electron chi connectivity index (χ1n) is 17.2. The average Bonchev–Trinajstić information content (AvgIpc) is 3.11. The Morgan fingerprint density at radius 2 is 1.81 bits per heavy atom. The zero-order valence-corrected chi connectivity index (χ0v) is 33.0. The Kier molecular flexibility index (Phi) is 12.7. The largest absolute Gasteiger partial charge is 0.480 e. The molecule has 3 N–H and O–H groups in total. The van der Waals surface area contributed by atoms with Crippen LogP contribution in [0, 0.1) is 11.3 Å². The van der Waals surface area contributed by atoms with Crippen LogP contribution in [0.15, 0.2) is 48.7 Å². The number of benzene rings is 2. The van der Waals surface area contributed by atoms with Crippen LogP contribution in [0.25, 0.3) is 22.4 Å². The molecule has 52 heavy (non-hydrogen) atoms. The Hall–Kier alpha value is -3.93. The Balaban J connectivity index is 1.35. The number of nitrogens with one attached hydrogen (secondary N) is 2. The van der Waals surface area contributed by atoms with Crippen LogP contribution in [-0.2, 0) is 23.9 Å². The Morgan fingerprint density at radius 3 is 2.50 bits per heavy atom. The van der Waals surface area contributed by atoms with Crippen LogP contribution in [0.4, 0.5) is 5.69 Å². The van der Waals surface area contributed by atoms with E-state index in [1.807, 2.05) is 24.3 Å². The van der Waals surface area contributed by atoms with E-state index < -0.39 is 14.2 Å². The summed E-state index contributed by atoms with van der Waals surface area (Å²) in [6, 6.07) is 14.6. The predicted octanol–water partition coefficient (Wildman–Crippen LogP) is 7.11. The summed E-state index contributed by atoms with van der Waals surface area (Å²) in [7, 11) is -0.357. The molecule has 0 bridgehead atoms. The van der Waals surface area contributed by atoms with Crippen molar-refractivity contribution in [3.63, 3.8) is 0 Å². The number of carbonyl (C=O) groups excluding carboxylic acids is 1. The lowest BCUT2D eigenvalue weighted by atomic mass is 9.98. The number of aliphatic hydroxyl groups is 1. The van der Waals surface area contributed by atoms with E-state index in [0.29, 0.717) is 82.9 Å². The summed E-state index contributed by atoms with van der Waals surface area (Å²) >= 11 is 13.9. The number of rotatable bonds is 13. The maximum absolute atomic E-state index is 13.7. The van der Waals surface area contributed by atoms with Gasteiger partial charge in [0.1, 0.15) is 11.4 Å². The van der Waals surface area contributed by atoms with Crippen LogP contribution in [-0.4, -0.2) is 79.1 Å². The molecule has 1 aliphatic rings. The zero-order valence-electron chi connectivity index (χ0n) is 30.4. The highest BCUT2D eigenvalue weighted by molar-refractivity contribution is 6.74. The molecule has 11 nitrogen and oxygen atoms in total. The van der Waals surface area contributed by atoms with Crippen LogP contribution in [0.5, 0.6) is 5.88 Å². The molecular formula is C38H45Cl2N7O4Si. The lowest BCUT2D eigenvalue weighted by molar-refractivity contribution is 0.102. The number of methoxy groups -OCH3 is 1. The van der Waals surface area contributed by atoms with Gasteiger partial charge in [0, 0.05) is 56.0 Å². The number of aliphatic hydroxyl groups excluding tert-OH is 1. The van der Waals surface area contributed by atoms with Gasteiger partial charge >= 0.3 is 0 Å². The molecule has 14 heteroatoms. The first kappa shape index (κ1) is 39.3. The van der Waals surface area contributed by atoms with E-state index >= 15 is 0 Å². The molecule has 1 amide bonds. The van der Waals surface area contributed by atoms with Gasteiger partial charge in [-0.1, -0.05) is 74.3 Å². The number of carbonyl (C=O) groups is 1. The second-order valence-corrected chi connectivity index (χ2v) is 19.7. The molecular weight excluding hydrogens is 717 g/mol. The molecule has 0 spiro atoms. The van der Waals surface area contributed by atoms with Gasteiger partial charge in [-0.25, -0.2) is 9.97 Å². The summed E-state index contributed by atoms with van der Waals surface area (Å²) in [4.78, 5) is 29.8. The number of anilines is 1. The molecule has 0 fully saturated rings. The third-order valence-electron chi connectivity index (χ3n) is 9.69. The molecule has 0 radical (unpaired) electrons. The van der Waals surface area contributed by atoms with Gasteiger partial charge in [0.15, 0.2) is 8.32 Å². The molecule has 2 aromatic heterocycles. The van der Waals surface area contributed by atoms with Gasteiger partial charge in [-0.2, -0.15) is 5.26 Å². The molecule has 5 rings (SSSR count). The first-order chi connectivity index (χ1) is 24.8. The fourth-order valence-corrected chi connectivity index (χ4v) is 7.34. The van der Waals surface area contributed by atoms with Gasteiger partial charge < -0.3 is 24.9 Å². The SMILES string of the molecule is COc1nc(-c2cccc(-c3cccc(NC(=O)c4cc(C#N)c5c(n4)CN(CCO[Si](C)(C)C(C)(C)C)CC5)c3Cl)c2Cl)cnc1CNCCO. The van der Waals surface area contributed by atoms with Crippen molar-refractivity contribution >= 4 is 43.1 Å². The summed E-state index contributed by atoms with van der Waals surface area (Å²) in [6.07, 6.45) is 2.29. The van der Waals surface area contributed by atoms with Gasteiger partial charge in [0.25, 0.3) is 5.91 Å². The second kappa shape index (κ2) is 16.8. The van der Waals surface area contributed by atoms with Crippen molar-refractivity contribution in [1.82, 2.24) is 25.2 Å². The minimum atomic E-state index is -1.87. The van der Waals surface area contributed by atoms with Crippen molar-refractivity contribution in [2.75, 3.05) is 45.3 Å². The molecule has 0 aliphatic carbocycles. The molecule has 3 heterocycles. The zero-order chi connectivity index (χ0) is 37.6. The topological polar surface area (TPSA) is 146 Å². The number of fused-ring (bicyclic) bond motifs is 1. The van der Waals surface area contributed by atoms with Gasteiger partial charge in [0.2, 0.25) is 5.88 Å². The molecule has 0 atom stereocenters. The van der Waals surface area contributed by atoms with Gasteiger partial charge in [-0.3, -0.25) is 14.7 Å². The first-order valence-corrected chi connectivity index (χ1v) is 20.8. The number of hydrogen-bond donors (Lipinski definition) is 3. The second-order valence-electron chi connectivity index (χ2n) is 14.1. The highest BCUT2D eigenvalue weighted by Crippen LogP contribution is 2.41. The number of aromatic nitrogens is 3. The highest BCUT2D eigenvalue weighted by atomic mass is 35.5. The van der Waals surface area contributed by atoms with Crippen molar-refractivity contribution in [3.05, 3.63) is 86.9 Å². The molecule has 2 aromatic carbocycles. The summed E-state index contributed by atoms with van der Waals surface area (Å²) in [5.74, 6) is -0.140. The molecule has 0 saturated heterocycles. The van der Waals surface area contributed by atoms with Crippen LogP contribution in [0.3, 0.4) is 0 Å². The number of pyridine rings is 1. The van der Waals surface area contributed by atoms with E-state index in [1.54, 1.807) is 24.4 Å². The summed E-state index contributed by atoms with van der Waals surface area (Å²) in [6.45, 7) is 14.6. The quantitative estimate of drug-likeness (QED) is 0.0952. The van der Waals surface area contributed by atoms with E-state index in [1.165, 1.54) is 7.11 Å². The van der Waals surface area contributed by atoms with Crippen LogP contribution >= 0.6 is 23.2 Å². The Bertz CT molecular complexity index is 1980. The van der Waals surface area contributed by atoms with Crippen molar-refractivity contribution in [2.24, 2.45) is 0 Å². The number of amides is 1. The summed E-state index contributed by atoms with van der Waals surface area (Å²) in [5.41, 5.74) is 5.51. The third kappa shape index (κ3) is 8.81. The lowest BCUT2D eigenvalue weighted by Crippen LogP contribution is -2.43. The summed E-state index contributed by atoms with van der Waals surface area (Å²) < 4.78 is 11.9. The minimum absolute atomic E-state index is 0.00414. The van der Waals surface area contributed by atoms with Crippen LogP contribution < -0.4 is 15.4 Å². The fraction of sp³-hybridized carbons (Fsp3) is 0.395. The van der Waals surface area contributed by atoms with E-state index in [4.69, 9.17) is 42.5 Å². The van der Waals surface area contributed by atoms with Gasteiger partial charge in [0.05, 0.1) is 58.7 Å². The number of halogens is 2. The minimum Gasteiger partial charge on any atom is -0.480 e. The smallest absolute Gasteiger partial charge is 0.274 e. The van der Waals surface area contributed by atoms with E-state index in [0.717, 1.165) is 24.3 Å². The van der Waals surface area contributed by atoms with Crippen LogP contribution in [0.1, 0.15) is 53.8 Å². The standard InChI is InChI=1S/C38H45Cl2N7O4Si/c1-38(2,3)52(5,6)51-18-16-47-15-13-25-24(20-41)19-30(44-33(25)23-47)36(49)45-29-12-8-10-27(35(29)40)26-9-7-11-28(34(26)39)31-22-43-32(21-42-14-17-48)37(46-31)50-4/h7-12,19,22,42,48H,13-18,21,23H2,1-6H3,(H,45,49). The maximum Gasteiger partial charge on any atom is 0.274 e. The van der Waals surface area contributed by atoms with Crippen molar-refractivity contribution in [2.45, 2.75) is 58.4 Å². The van der Waals surface area contributed by atoms with Crippen LogP contribution in [0.2, 0.25) is 28.2 Å². The molecule has 0 saturated carbocycles. The Labute approximate surface area is 316 Å². The molecule has 1 aliphatic heterocycles. The average molecular weight is 763 g/mol. The summed E-state index contributed by atoms with van der Waals surface area (Å²) in [5, 5.41) is 25.8. The van der Waals surface area contributed by atoms with Crippen molar-refractivity contribution < 1.29 is 19.1 Å². The highest BCUT2D eigenvalue weighted by Gasteiger charge is 2.37. The van der Waals surface area contributed by atoms with Gasteiger partial charge in [-0.05, 0) is 42.2 Å². The monoisotopic (exact) mass is 761 g/mol. The third-order valence-corrected chi connectivity index (χ3v) is 15.0. The normalized spacial score (nSPS) is 13.4. The van der Waals surface area contributed by atoms with Crippen molar-refractivity contribution in [3.8, 4) is 34.3 Å². The number of nitrogens with zero attached hydrogens (tertiary/aromatic N) is 5. The molecule has 274 valence electrons. The van der Waals surface area contributed by atoms with Crippen molar-refractivity contribution in [1.29, 1.82) is 5.26 Å². The number of hydrogen-bond acceptors (Lipinski definition) is 10. The Morgan fingerprint density at radius 1 is 1.10 bits per heavy atom. The lowest BCUT2D eigenvalue weighted by Gasteiger charge is -2.37. The molecule has 0 unspecified atom stereocenters.